The monoisotopic (exact) mass is 281 g/mol. The first-order chi connectivity index (χ1) is 10.1. The van der Waals surface area contributed by atoms with E-state index in [1.165, 1.54) is 0 Å². The second kappa shape index (κ2) is 6.84. The fourth-order valence-electron chi connectivity index (χ4n) is 2.04. The van der Waals surface area contributed by atoms with Crippen LogP contribution in [-0.4, -0.2) is 11.7 Å². The summed E-state index contributed by atoms with van der Waals surface area (Å²) in [6.07, 6.45) is 0.769. The number of nitrogens with one attached hydrogen (secondary N) is 1. The molecule has 0 radical (unpaired) electrons. The first kappa shape index (κ1) is 15.0. The maximum absolute atomic E-state index is 12.2. The van der Waals surface area contributed by atoms with Gasteiger partial charge in [0, 0.05) is 24.1 Å². The summed E-state index contributed by atoms with van der Waals surface area (Å²) in [5.74, 6) is 0.0472. The Labute approximate surface area is 125 Å². The first-order valence-electron chi connectivity index (χ1n) is 7.07. The Kier molecular flexibility index (Phi) is 4.88. The van der Waals surface area contributed by atoms with E-state index in [1.54, 1.807) is 6.92 Å². The highest BCUT2D eigenvalue weighted by atomic mass is 16.1. The quantitative estimate of drug-likeness (QED) is 0.848. The average Bonchev–Trinajstić information content (AvgIpc) is 2.48. The largest absolute Gasteiger partial charge is 0.326 e. The van der Waals surface area contributed by atoms with Gasteiger partial charge in [0.15, 0.2) is 5.78 Å². The van der Waals surface area contributed by atoms with Crippen LogP contribution in [0.25, 0.3) is 0 Å². The summed E-state index contributed by atoms with van der Waals surface area (Å²) in [6, 6.07) is 15.0. The van der Waals surface area contributed by atoms with E-state index in [0.29, 0.717) is 18.4 Å². The van der Waals surface area contributed by atoms with Crippen LogP contribution in [0.4, 0.5) is 5.69 Å². The summed E-state index contributed by atoms with van der Waals surface area (Å²) in [4.78, 5) is 23.6. The SMILES string of the molecule is CCC(=O)Nc1cccc(CC(=O)c2ccc(C)cc2)c1. The first-order valence-corrected chi connectivity index (χ1v) is 7.07. The van der Waals surface area contributed by atoms with Gasteiger partial charge in [-0.25, -0.2) is 0 Å². The van der Waals surface area contributed by atoms with Gasteiger partial charge in [0.2, 0.25) is 5.91 Å². The summed E-state index contributed by atoms with van der Waals surface area (Å²) in [5, 5.41) is 2.80. The van der Waals surface area contributed by atoms with Gasteiger partial charge in [0.1, 0.15) is 0 Å². The standard InChI is InChI=1S/C18H19NO2/c1-3-18(21)19-16-6-4-5-14(11-16)12-17(20)15-9-7-13(2)8-10-15/h4-11H,3,12H2,1-2H3,(H,19,21). The number of carbonyl (C=O) groups excluding carboxylic acids is 2. The molecule has 3 heteroatoms. The Balaban J connectivity index is 2.08. The highest BCUT2D eigenvalue weighted by Gasteiger charge is 2.08. The van der Waals surface area contributed by atoms with Crippen molar-refractivity contribution in [1.29, 1.82) is 0 Å². The Morgan fingerprint density at radius 2 is 1.76 bits per heavy atom. The van der Waals surface area contributed by atoms with Gasteiger partial charge in [-0.1, -0.05) is 48.9 Å². The summed E-state index contributed by atoms with van der Waals surface area (Å²) >= 11 is 0. The second-order valence-corrected chi connectivity index (χ2v) is 5.07. The smallest absolute Gasteiger partial charge is 0.224 e. The van der Waals surface area contributed by atoms with E-state index in [9.17, 15) is 9.59 Å². The van der Waals surface area contributed by atoms with Crippen LogP contribution in [-0.2, 0) is 11.2 Å². The third-order valence-corrected chi connectivity index (χ3v) is 3.27. The van der Waals surface area contributed by atoms with E-state index in [4.69, 9.17) is 0 Å². The third-order valence-electron chi connectivity index (χ3n) is 3.27. The van der Waals surface area contributed by atoms with Gasteiger partial charge in [-0.2, -0.15) is 0 Å². The van der Waals surface area contributed by atoms with Crippen molar-refractivity contribution in [1.82, 2.24) is 0 Å². The van der Waals surface area contributed by atoms with Crippen LogP contribution >= 0.6 is 0 Å². The Bertz CT molecular complexity index is 645. The summed E-state index contributed by atoms with van der Waals surface area (Å²) in [5.41, 5.74) is 3.48. The molecule has 2 aromatic carbocycles. The lowest BCUT2D eigenvalue weighted by atomic mass is 10.0. The Hall–Kier alpha value is -2.42. The van der Waals surface area contributed by atoms with Gasteiger partial charge in [0.25, 0.3) is 0 Å². The van der Waals surface area contributed by atoms with E-state index in [-0.39, 0.29) is 11.7 Å². The molecule has 0 aliphatic heterocycles. The fraction of sp³-hybridized carbons (Fsp3) is 0.222. The van der Waals surface area contributed by atoms with Crippen molar-refractivity contribution in [2.75, 3.05) is 5.32 Å². The molecule has 0 aliphatic carbocycles. The summed E-state index contributed by atoms with van der Waals surface area (Å²) in [6.45, 7) is 3.80. The number of ketones is 1. The molecule has 0 bridgehead atoms. The van der Waals surface area contributed by atoms with Crippen molar-refractivity contribution < 1.29 is 9.59 Å². The molecular formula is C18H19NO2. The van der Waals surface area contributed by atoms with E-state index in [1.807, 2.05) is 55.5 Å². The van der Waals surface area contributed by atoms with Gasteiger partial charge in [-0.3, -0.25) is 9.59 Å². The number of carbonyl (C=O) groups is 2. The summed E-state index contributed by atoms with van der Waals surface area (Å²) < 4.78 is 0. The van der Waals surface area contributed by atoms with Gasteiger partial charge < -0.3 is 5.32 Å². The third kappa shape index (κ3) is 4.28. The van der Waals surface area contributed by atoms with Crippen LogP contribution < -0.4 is 5.32 Å². The number of hydrogen-bond donors (Lipinski definition) is 1. The van der Waals surface area contributed by atoms with Crippen LogP contribution in [0.15, 0.2) is 48.5 Å². The van der Waals surface area contributed by atoms with Gasteiger partial charge in [-0.05, 0) is 24.6 Å². The zero-order valence-corrected chi connectivity index (χ0v) is 12.3. The van der Waals surface area contributed by atoms with Gasteiger partial charge >= 0.3 is 0 Å². The topological polar surface area (TPSA) is 46.2 Å². The number of hydrogen-bond acceptors (Lipinski definition) is 2. The minimum atomic E-state index is -0.0305. The van der Waals surface area contributed by atoms with Crippen LogP contribution in [0.3, 0.4) is 0 Å². The van der Waals surface area contributed by atoms with E-state index < -0.39 is 0 Å². The average molecular weight is 281 g/mol. The Morgan fingerprint density at radius 1 is 1.05 bits per heavy atom. The lowest BCUT2D eigenvalue weighted by Crippen LogP contribution is -2.10. The van der Waals surface area contributed by atoms with Gasteiger partial charge in [-0.15, -0.1) is 0 Å². The molecule has 0 spiro atoms. The van der Waals surface area contributed by atoms with E-state index in [2.05, 4.69) is 5.32 Å². The van der Waals surface area contributed by atoms with Gasteiger partial charge in [0.05, 0.1) is 0 Å². The molecule has 1 amide bonds. The molecular weight excluding hydrogens is 262 g/mol. The zero-order chi connectivity index (χ0) is 15.2. The molecule has 2 rings (SSSR count). The fourth-order valence-corrected chi connectivity index (χ4v) is 2.04. The molecule has 108 valence electrons. The van der Waals surface area contributed by atoms with Crippen LogP contribution in [0.1, 0.15) is 34.8 Å². The molecule has 0 atom stereocenters. The van der Waals surface area contributed by atoms with E-state index in [0.717, 1.165) is 16.8 Å². The lowest BCUT2D eigenvalue weighted by molar-refractivity contribution is -0.115. The maximum atomic E-state index is 12.2. The van der Waals surface area contributed by atoms with Crippen molar-refractivity contribution in [3.05, 3.63) is 65.2 Å². The Morgan fingerprint density at radius 3 is 2.43 bits per heavy atom. The number of rotatable bonds is 5. The molecule has 1 N–H and O–H groups in total. The predicted molar refractivity (Wildman–Crippen MR) is 84.6 cm³/mol. The molecule has 0 saturated carbocycles. The van der Waals surface area contributed by atoms with Crippen molar-refractivity contribution in [3.63, 3.8) is 0 Å². The van der Waals surface area contributed by atoms with E-state index >= 15 is 0 Å². The molecule has 0 unspecified atom stereocenters. The minimum absolute atomic E-state index is 0.0305. The zero-order valence-electron chi connectivity index (χ0n) is 12.3. The van der Waals surface area contributed by atoms with Crippen LogP contribution in [0.2, 0.25) is 0 Å². The number of aryl methyl sites for hydroxylation is 1. The van der Waals surface area contributed by atoms with Crippen molar-refractivity contribution in [3.8, 4) is 0 Å². The molecule has 0 saturated heterocycles. The maximum Gasteiger partial charge on any atom is 0.224 e. The molecule has 0 aliphatic rings. The molecule has 2 aromatic rings. The molecule has 3 nitrogen and oxygen atoms in total. The lowest BCUT2D eigenvalue weighted by Gasteiger charge is -2.06. The highest BCUT2D eigenvalue weighted by Crippen LogP contribution is 2.14. The number of anilines is 1. The summed E-state index contributed by atoms with van der Waals surface area (Å²) in [7, 11) is 0. The number of benzene rings is 2. The van der Waals surface area contributed by atoms with Crippen LogP contribution in [0, 0.1) is 6.92 Å². The highest BCUT2D eigenvalue weighted by molar-refractivity contribution is 5.97. The number of Topliss-reactive ketones (excluding diaryl/α,β-unsaturated/α-hetero) is 1. The molecule has 0 heterocycles. The van der Waals surface area contributed by atoms with Crippen molar-refractivity contribution in [2.24, 2.45) is 0 Å². The van der Waals surface area contributed by atoms with Crippen LogP contribution in [0.5, 0.6) is 0 Å². The normalized spacial score (nSPS) is 10.2. The van der Waals surface area contributed by atoms with Crippen molar-refractivity contribution in [2.45, 2.75) is 26.7 Å². The molecule has 21 heavy (non-hydrogen) atoms. The minimum Gasteiger partial charge on any atom is -0.326 e. The second-order valence-electron chi connectivity index (χ2n) is 5.07. The predicted octanol–water partition coefficient (Wildman–Crippen LogP) is 3.77. The van der Waals surface area contributed by atoms with Crippen molar-refractivity contribution >= 4 is 17.4 Å². The molecule has 0 fully saturated rings. The molecule has 0 aromatic heterocycles. The number of amides is 1.